The molecule has 2 aliphatic rings. The Morgan fingerprint density at radius 3 is 2.19 bits per heavy atom. The van der Waals surface area contributed by atoms with Gasteiger partial charge >= 0.3 is 5.97 Å². The van der Waals surface area contributed by atoms with E-state index in [-0.39, 0.29) is 23.4 Å². The van der Waals surface area contributed by atoms with Crippen LogP contribution in [0.5, 0.6) is 0 Å². The summed E-state index contributed by atoms with van der Waals surface area (Å²) in [6.07, 6.45) is 2.40. The van der Waals surface area contributed by atoms with Gasteiger partial charge in [-0.2, -0.15) is 0 Å². The fourth-order valence-corrected chi connectivity index (χ4v) is 3.65. The van der Waals surface area contributed by atoms with Crippen LogP contribution in [-0.2, 0) is 4.79 Å². The Morgan fingerprint density at radius 2 is 1.56 bits per heavy atom. The van der Waals surface area contributed by atoms with Crippen molar-refractivity contribution in [2.24, 2.45) is 0 Å². The zero-order valence-corrected chi connectivity index (χ0v) is 14.7. The van der Waals surface area contributed by atoms with Gasteiger partial charge in [-0.1, -0.05) is 36.4 Å². The molecular formula is C21H20N2O4. The Kier molecular flexibility index (Phi) is 4.39. The van der Waals surface area contributed by atoms with Crippen LogP contribution in [0.15, 0.2) is 48.5 Å². The SMILES string of the molecule is O=C(O)c1ccccc1-c1ccccc1C(=O)NC1CC(=O)N(C2CC2)C1. The lowest BCUT2D eigenvalue weighted by Gasteiger charge is -2.17. The van der Waals surface area contributed by atoms with Gasteiger partial charge in [-0.15, -0.1) is 0 Å². The first-order valence-corrected chi connectivity index (χ1v) is 9.06. The molecule has 0 aromatic heterocycles. The molecule has 1 aliphatic heterocycles. The predicted octanol–water partition coefficient (Wildman–Crippen LogP) is 2.54. The van der Waals surface area contributed by atoms with Crippen LogP contribution in [0.3, 0.4) is 0 Å². The molecule has 1 saturated carbocycles. The van der Waals surface area contributed by atoms with Crippen LogP contribution in [0.1, 0.15) is 40.0 Å². The van der Waals surface area contributed by atoms with Crippen LogP contribution in [0.25, 0.3) is 11.1 Å². The minimum Gasteiger partial charge on any atom is -0.478 e. The summed E-state index contributed by atoms with van der Waals surface area (Å²) in [4.78, 5) is 38.4. The normalized spacial score (nSPS) is 19.2. The molecule has 2 N–H and O–H groups in total. The third-order valence-corrected chi connectivity index (χ3v) is 5.10. The number of carboxylic acid groups (broad SMARTS) is 1. The summed E-state index contributed by atoms with van der Waals surface area (Å²) in [5, 5.41) is 12.4. The first-order chi connectivity index (χ1) is 13.0. The fraction of sp³-hybridized carbons (Fsp3) is 0.286. The highest BCUT2D eigenvalue weighted by molar-refractivity contribution is 6.04. The number of aromatic carboxylic acids is 1. The number of nitrogens with one attached hydrogen (secondary N) is 1. The van der Waals surface area contributed by atoms with E-state index >= 15 is 0 Å². The molecule has 2 aromatic rings. The molecule has 1 unspecified atom stereocenters. The van der Waals surface area contributed by atoms with Gasteiger partial charge in [0.1, 0.15) is 0 Å². The number of nitrogens with zero attached hydrogens (tertiary/aromatic N) is 1. The molecule has 1 heterocycles. The summed E-state index contributed by atoms with van der Waals surface area (Å²) in [6.45, 7) is 0.545. The highest BCUT2D eigenvalue weighted by Gasteiger charge is 2.39. The number of carboxylic acids is 1. The molecule has 1 atom stereocenters. The summed E-state index contributed by atoms with van der Waals surface area (Å²) in [5.74, 6) is -1.24. The monoisotopic (exact) mass is 364 g/mol. The first kappa shape index (κ1) is 17.3. The molecule has 0 radical (unpaired) electrons. The average molecular weight is 364 g/mol. The van der Waals surface area contributed by atoms with Gasteiger partial charge in [-0.3, -0.25) is 9.59 Å². The van der Waals surface area contributed by atoms with Crippen LogP contribution in [0, 0.1) is 0 Å². The van der Waals surface area contributed by atoms with E-state index in [0.717, 1.165) is 12.8 Å². The largest absolute Gasteiger partial charge is 0.478 e. The zero-order valence-electron chi connectivity index (χ0n) is 14.7. The maximum atomic E-state index is 12.9. The molecule has 4 rings (SSSR count). The highest BCUT2D eigenvalue weighted by atomic mass is 16.4. The Morgan fingerprint density at radius 1 is 0.963 bits per heavy atom. The van der Waals surface area contributed by atoms with Crippen LogP contribution in [0.4, 0.5) is 0 Å². The van der Waals surface area contributed by atoms with Crippen molar-refractivity contribution < 1.29 is 19.5 Å². The molecule has 1 aliphatic carbocycles. The number of rotatable bonds is 5. The van der Waals surface area contributed by atoms with Crippen molar-refractivity contribution >= 4 is 17.8 Å². The number of benzene rings is 2. The van der Waals surface area contributed by atoms with E-state index in [4.69, 9.17) is 0 Å². The smallest absolute Gasteiger partial charge is 0.336 e. The fourth-order valence-electron chi connectivity index (χ4n) is 3.65. The highest BCUT2D eigenvalue weighted by Crippen LogP contribution is 2.31. The van der Waals surface area contributed by atoms with Crippen molar-refractivity contribution in [2.45, 2.75) is 31.3 Å². The maximum Gasteiger partial charge on any atom is 0.336 e. The molecule has 0 bridgehead atoms. The van der Waals surface area contributed by atoms with Crippen LogP contribution in [0.2, 0.25) is 0 Å². The summed E-state index contributed by atoms with van der Waals surface area (Å²) < 4.78 is 0. The molecular weight excluding hydrogens is 344 g/mol. The van der Waals surface area contributed by atoms with E-state index in [1.54, 1.807) is 42.5 Å². The molecule has 27 heavy (non-hydrogen) atoms. The molecule has 1 saturated heterocycles. The van der Waals surface area contributed by atoms with Gasteiger partial charge in [0.05, 0.1) is 11.6 Å². The van der Waals surface area contributed by atoms with Gasteiger partial charge in [-0.05, 0) is 36.1 Å². The number of hydrogen-bond acceptors (Lipinski definition) is 3. The van der Waals surface area contributed by atoms with Gasteiger partial charge in [-0.25, -0.2) is 4.79 Å². The maximum absolute atomic E-state index is 12.9. The predicted molar refractivity (Wildman–Crippen MR) is 99.4 cm³/mol. The Bertz CT molecular complexity index is 920. The zero-order chi connectivity index (χ0) is 19.0. The van der Waals surface area contributed by atoms with Gasteiger partial charge in [0, 0.05) is 24.6 Å². The minimum absolute atomic E-state index is 0.0901. The summed E-state index contributed by atoms with van der Waals surface area (Å²) in [7, 11) is 0. The van der Waals surface area contributed by atoms with E-state index in [1.165, 1.54) is 6.07 Å². The Balaban J connectivity index is 1.59. The van der Waals surface area contributed by atoms with Crippen LogP contribution < -0.4 is 5.32 Å². The quantitative estimate of drug-likeness (QED) is 0.854. The standard InChI is InChI=1S/C21H20N2O4/c24-19-11-13(12-23(19)14-9-10-14)22-20(25)17-7-3-1-5-15(17)16-6-2-4-8-18(16)21(26)27/h1-8,13-14H,9-12H2,(H,22,25)(H,26,27). The lowest BCUT2D eigenvalue weighted by atomic mass is 9.95. The molecule has 2 fully saturated rings. The molecule has 2 aromatic carbocycles. The van der Waals surface area contributed by atoms with Crippen LogP contribution >= 0.6 is 0 Å². The van der Waals surface area contributed by atoms with E-state index in [1.807, 2.05) is 4.90 Å². The number of hydrogen-bond donors (Lipinski definition) is 2. The summed E-state index contributed by atoms with van der Waals surface area (Å²) in [6, 6.07) is 13.7. The minimum atomic E-state index is -1.04. The van der Waals surface area contributed by atoms with Gasteiger partial charge in [0.2, 0.25) is 5.91 Å². The van der Waals surface area contributed by atoms with E-state index in [2.05, 4.69) is 5.32 Å². The lowest BCUT2D eigenvalue weighted by molar-refractivity contribution is -0.128. The molecule has 2 amide bonds. The Labute approximate surface area is 156 Å². The molecule has 138 valence electrons. The molecule has 6 nitrogen and oxygen atoms in total. The van der Waals surface area contributed by atoms with E-state index in [9.17, 15) is 19.5 Å². The second kappa shape index (κ2) is 6.87. The van der Waals surface area contributed by atoms with Crippen molar-refractivity contribution in [1.82, 2.24) is 10.2 Å². The number of carbonyl (C=O) groups excluding carboxylic acids is 2. The van der Waals surface area contributed by atoms with Crippen molar-refractivity contribution in [3.8, 4) is 11.1 Å². The molecule has 6 heteroatoms. The van der Waals surface area contributed by atoms with Gasteiger partial charge < -0.3 is 15.3 Å². The number of likely N-dealkylation sites (tertiary alicyclic amines) is 1. The summed E-state index contributed by atoms with van der Waals surface area (Å²) >= 11 is 0. The molecule has 0 spiro atoms. The van der Waals surface area contributed by atoms with Gasteiger partial charge in [0.25, 0.3) is 5.91 Å². The topological polar surface area (TPSA) is 86.7 Å². The Hall–Kier alpha value is -3.15. The van der Waals surface area contributed by atoms with Crippen molar-refractivity contribution in [1.29, 1.82) is 0 Å². The van der Waals surface area contributed by atoms with Crippen LogP contribution in [-0.4, -0.2) is 46.4 Å². The first-order valence-electron chi connectivity index (χ1n) is 9.06. The third-order valence-electron chi connectivity index (χ3n) is 5.10. The van der Waals surface area contributed by atoms with E-state index in [0.29, 0.717) is 35.7 Å². The third kappa shape index (κ3) is 3.43. The number of carbonyl (C=O) groups is 3. The van der Waals surface area contributed by atoms with E-state index < -0.39 is 5.97 Å². The van der Waals surface area contributed by atoms with Crippen molar-refractivity contribution in [3.05, 3.63) is 59.7 Å². The summed E-state index contributed by atoms with van der Waals surface area (Å²) in [5.41, 5.74) is 1.62. The van der Waals surface area contributed by atoms with Gasteiger partial charge in [0.15, 0.2) is 0 Å². The lowest BCUT2D eigenvalue weighted by Crippen LogP contribution is -2.37. The second-order valence-electron chi connectivity index (χ2n) is 7.05. The van der Waals surface area contributed by atoms with Crippen molar-refractivity contribution in [2.75, 3.05) is 6.54 Å². The van der Waals surface area contributed by atoms with Crippen molar-refractivity contribution in [3.63, 3.8) is 0 Å². The number of amides is 2. The second-order valence-corrected chi connectivity index (χ2v) is 7.05. The average Bonchev–Trinajstić information content (AvgIpc) is 3.45.